The van der Waals surface area contributed by atoms with Gasteiger partial charge < -0.3 is 10.6 Å². The number of carbonyl (C=O) groups excluding carboxylic acids is 2. The minimum absolute atomic E-state index is 0.119. The Bertz CT molecular complexity index is 512. The van der Waals surface area contributed by atoms with Gasteiger partial charge in [0.1, 0.15) is 5.78 Å². The fourth-order valence-electron chi connectivity index (χ4n) is 3.87. The lowest BCUT2D eigenvalue weighted by Gasteiger charge is -2.35. The topological polar surface area (TPSA) is 75.8 Å². The largest absolute Gasteiger partial charge is 0.404 e. The molecule has 0 unspecified atom stereocenters. The van der Waals surface area contributed by atoms with Crippen molar-refractivity contribution < 1.29 is 9.59 Å². The molecular formula is C22H39N3O2. The lowest BCUT2D eigenvalue weighted by atomic mass is 9.78. The summed E-state index contributed by atoms with van der Waals surface area (Å²) in [6.45, 7) is 9.57. The smallest absolute Gasteiger partial charge is 0.225 e. The summed E-state index contributed by atoms with van der Waals surface area (Å²) in [7, 11) is 0. The zero-order chi connectivity index (χ0) is 20.2. The summed E-state index contributed by atoms with van der Waals surface area (Å²) in [5.41, 5.74) is 6.42. The van der Waals surface area contributed by atoms with Crippen LogP contribution in [0.2, 0.25) is 0 Å². The summed E-state index contributed by atoms with van der Waals surface area (Å²) in [5, 5.41) is 0. The SMILES string of the molecule is CC.CCCC(=O)C1CCC(C(=O)N2CCC(N=C/C(C)=C\N)CC2)CC1. The third kappa shape index (κ3) is 7.47. The summed E-state index contributed by atoms with van der Waals surface area (Å²) in [5.74, 6) is 1.01. The highest BCUT2D eigenvalue weighted by Crippen LogP contribution is 2.32. The quantitative estimate of drug-likeness (QED) is 0.708. The average Bonchev–Trinajstić information content (AvgIpc) is 2.73. The molecule has 2 aliphatic rings. The molecule has 0 spiro atoms. The number of ketones is 1. The Labute approximate surface area is 165 Å². The molecule has 1 saturated carbocycles. The maximum atomic E-state index is 12.8. The van der Waals surface area contributed by atoms with Crippen LogP contribution in [0.15, 0.2) is 16.8 Å². The van der Waals surface area contributed by atoms with Crippen molar-refractivity contribution in [2.45, 2.75) is 85.1 Å². The molecule has 5 heteroatoms. The van der Waals surface area contributed by atoms with Gasteiger partial charge in [0.15, 0.2) is 0 Å². The highest BCUT2D eigenvalue weighted by molar-refractivity contribution is 5.82. The minimum Gasteiger partial charge on any atom is -0.404 e. The number of nitrogens with zero attached hydrogens (tertiary/aromatic N) is 2. The number of hydrogen-bond acceptors (Lipinski definition) is 4. The van der Waals surface area contributed by atoms with E-state index < -0.39 is 0 Å². The number of likely N-dealkylation sites (tertiary alicyclic amines) is 1. The Morgan fingerprint density at radius 3 is 2.11 bits per heavy atom. The first-order chi connectivity index (χ1) is 13.0. The second-order valence-electron chi connectivity index (χ2n) is 7.51. The van der Waals surface area contributed by atoms with E-state index in [1.807, 2.05) is 38.8 Å². The van der Waals surface area contributed by atoms with E-state index >= 15 is 0 Å². The zero-order valence-electron chi connectivity index (χ0n) is 17.7. The van der Waals surface area contributed by atoms with E-state index in [2.05, 4.69) is 4.99 Å². The maximum absolute atomic E-state index is 12.8. The van der Waals surface area contributed by atoms with E-state index in [0.717, 1.165) is 63.6 Å². The first-order valence-corrected chi connectivity index (χ1v) is 10.8. The van der Waals surface area contributed by atoms with E-state index in [0.29, 0.717) is 24.2 Å². The molecule has 1 amide bonds. The van der Waals surface area contributed by atoms with Crippen LogP contribution in [0.3, 0.4) is 0 Å². The van der Waals surface area contributed by atoms with Crippen molar-refractivity contribution in [3.05, 3.63) is 11.8 Å². The van der Waals surface area contributed by atoms with E-state index in [-0.39, 0.29) is 11.8 Å². The lowest BCUT2D eigenvalue weighted by molar-refractivity contribution is -0.139. The molecule has 5 nitrogen and oxygen atoms in total. The van der Waals surface area contributed by atoms with Gasteiger partial charge in [0, 0.05) is 37.6 Å². The molecule has 154 valence electrons. The molecule has 0 aromatic rings. The zero-order valence-corrected chi connectivity index (χ0v) is 17.7. The number of amides is 1. The molecule has 0 bridgehead atoms. The monoisotopic (exact) mass is 377 g/mol. The Morgan fingerprint density at radius 1 is 1.04 bits per heavy atom. The molecule has 2 fully saturated rings. The number of hydrogen-bond donors (Lipinski definition) is 1. The average molecular weight is 378 g/mol. The standard InChI is InChI=1S/C20H33N3O2.C2H6/c1-3-4-19(24)16-5-7-17(8-6-16)20(25)23-11-9-18(10-12-23)22-14-15(2)13-21;1-2/h13-14,16-18H,3-12,21H2,1-2H3;1-2H3/b15-13-,22-14?;. The van der Waals surface area contributed by atoms with Crippen LogP contribution < -0.4 is 5.73 Å². The second kappa shape index (κ2) is 12.7. The van der Waals surface area contributed by atoms with Gasteiger partial charge in [-0.25, -0.2) is 0 Å². The third-order valence-electron chi connectivity index (χ3n) is 5.56. The predicted octanol–water partition coefficient (Wildman–Crippen LogP) is 4.11. The normalized spacial score (nSPS) is 24.4. The highest BCUT2D eigenvalue weighted by Gasteiger charge is 2.33. The number of piperidine rings is 1. The van der Waals surface area contributed by atoms with E-state index in [1.54, 1.807) is 6.20 Å². The minimum atomic E-state index is 0.119. The first kappa shape index (κ1) is 23.4. The number of carbonyl (C=O) groups is 2. The molecule has 0 atom stereocenters. The molecule has 1 heterocycles. The molecule has 0 aromatic heterocycles. The van der Waals surface area contributed by atoms with Gasteiger partial charge >= 0.3 is 0 Å². The van der Waals surface area contributed by atoms with Gasteiger partial charge in [-0.1, -0.05) is 20.8 Å². The summed E-state index contributed by atoms with van der Waals surface area (Å²) >= 11 is 0. The number of aliphatic imine (C=N–C) groups is 1. The molecule has 2 rings (SSSR count). The van der Waals surface area contributed by atoms with Crippen LogP contribution in [-0.2, 0) is 9.59 Å². The van der Waals surface area contributed by atoms with Gasteiger partial charge in [0.05, 0.1) is 6.04 Å². The Kier molecular flexibility index (Phi) is 11.0. The molecule has 1 aliphatic carbocycles. The molecule has 0 aromatic carbocycles. The first-order valence-electron chi connectivity index (χ1n) is 10.8. The molecule has 27 heavy (non-hydrogen) atoms. The Morgan fingerprint density at radius 2 is 1.59 bits per heavy atom. The van der Waals surface area contributed by atoms with Crippen LogP contribution in [0.25, 0.3) is 0 Å². The van der Waals surface area contributed by atoms with E-state index in [9.17, 15) is 9.59 Å². The van der Waals surface area contributed by atoms with Gasteiger partial charge in [-0.2, -0.15) is 0 Å². The van der Waals surface area contributed by atoms with Crippen molar-refractivity contribution in [1.82, 2.24) is 4.90 Å². The van der Waals surface area contributed by atoms with Crippen molar-refractivity contribution in [3.63, 3.8) is 0 Å². The summed E-state index contributed by atoms with van der Waals surface area (Å²) in [6.07, 6.45) is 10.4. The fraction of sp³-hybridized carbons (Fsp3) is 0.773. The van der Waals surface area contributed by atoms with Crippen LogP contribution in [0.1, 0.15) is 79.1 Å². The van der Waals surface area contributed by atoms with Crippen LogP contribution >= 0.6 is 0 Å². The number of rotatable bonds is 6. The van der Waals surface area contributed by atoms with E-state index in [4.69, 9.17) is 5.73 Å². The second-order valence-corrected chi connectivity index (χ2v) is 7.51. The fourth-order valence-corrected chi connectivity index (χ4v) is 3.87. The Balaban J connectivity index is 0.00000176. The molecule has 1 aliphatic heterocycles. The van der Waals surface area contributed by atoms with Crippen molar-refractivity contribution >= 4 is 17.9 Å². The Hall–Kier alpha value is -1.65. The van der Waals surface area contributed by atoms with Crippen LogP contribution in [0.5, 0.6) is 0 Å². The third-order valence-corrected chi connectivity index (χ3v) is 5.56. The number of allylic oxidation sites excluding steroid dienone is 1. The maximum Gasteiger partial charge on any atom is 0.225 e. The molecule has 2 N–H and O–H groups in total. The lowest BCUT2D eigenvalue weighted by Crippen LogP contribution is -2.43. The predicted molar refractivity (Wildman–Crippen MR) is 113 cm³/mol. The van der Waals surface area contributed by atoms with Crippen LogP contribution in [0.4, 0.5) is 0 Å². The van der Waals surface area contributed by atoms with Crippen LogP contribution in [-0.4, -0.2) is 41.9 Å². The van der Waals surface area contributed by atoms with Crippen LogP contribution in [0, 0.1) is 11.8 Å². The van der Waals surface area contributed by atoms with Gasteiger partial charge in [-0.05, 0) is 63.6 Å². The van der Waals surface area contributed by atoms with E-state index in [1.165, 1.54) is 0 Å². The van der Waals surface area contributed by atoms with Gasteiger partial charge in [-0.3, -0.25) is 14.6 Å². The highest BCUT2D eigenvalue weighted by atomic mass is 16.2. The molecule has 1 saturated heterocycles. The van der Waals surface area contributed by atoms with Gasteiger partial charge in [0.2, 0.25) is 5.91 Å². The summed E-state index contributed by atoms with van der Waals surface area (Å²) in [6, 6.07) is 0.293. The van der Waals surface area contributed by atoms with Gasteiger partial charge in [0.25, 0.3) is 0 Å². The number of nitrogens with two attached hydrogens (primary N) is 1. The molecular weight excluding hydrogens is 338 g/mol. The number of Topliss-reactive ketones (excluding diaryl/α,β-unsaturated/α-hetero) is 1. The van der Waals surface area contributed by atoms with Crippen molar-refractivity contribution in [3.8, 4) is 0 Å². The summed E-state index contributed by atoms with van der Waals surface area (Å²) < 4.78 is 0. The van der Waals surface area contributed by atoms with Gasteiger partial charge in [-0.15, -0.1) is 0 Å². The summed E-state index contributed by atoms with van der Waals surface area (Å²) in [4.78, 5) is 31.3. The molecule has 0 radical (unpaired) electrons. The van der Waals surface area contributed by atoms with Crippen molar-refractivity contribution in [1.29, 1.82) is 0 Å². The van der Waals surface area contributed by atoms with Crippen molar-refractivity contribution in [2.75, 3.05) is 13.1 Å². The van der Waals surface area contributed by atoms with Crippen molar-refractivity contribution in [2.24, 2.45) is 22.6 Å².